The molecule has 5 nitrogen and oxygen atoms in total. The van der Waals surface area contributed by atoms with Crippen LogP contribution in [0.1, 0.15) is 42.1 Å². The Hall–Kier alpha value is -2.73. The zero-order valence-electron chi connectivity index (χ0n) is 15.7. The lowest BCUT2D eigenvalue weighted by molar-refractivity contribution is 0.0970. The number of carbonyl (C=O) groups excluding carboxylic acids is 1. The average Bonchev–Trinajstić information content (AvgIpc) is 3.05. The van der Waals surface area contributed by atoms with Gasteiger partial charge in [0, 0.05) is 31.1 Å². The second-order valence-corrected chi connectivity index (χ2v) is 7.42. The Labute approximate surface area is 162 Å². The normalized spacial score (nSPS) is 15.9. The number of Topliss-reactive ketones (excluding diaryl/α,β-unsaturated/α-hetero) is 1. The van der Waals surface area contributed by atoms with E-state index in [1.807, 2.05) is 28.8 Å². The number of nitrogens with one attached hydrogen (secondary N) is 1. The zero-order chi connectivity index (χ0) is 19.5. The first-order valence-corrected chi connectivity index (χ1v) is 9.82. The molecule has 28 heavy (non-hydrogen) atoms. The lowest BCUT2D eigenvalue weighted by atomic mass is 10.0. The SMILES string of the molecule is O=C(CCCN1CCC(n2c(=O)[nH]c3ccccc32)CC1)c1ccc([18F])cc1. The molecule has 0 bridgehead atoms. The summed E-state index contributed by atoms with van der Waals surface area (Å²) in [6.07, 6.45) is 3.10. The van der Waals surface area contributed by atoms with Crippen molar-refractivity contribution in [2.24, 2.45) is 0 Å². The van der Waals surface area contributed by atoms with Gasteiger partial charge in [0.25, 0.3) is 0 Å². The van der Waals surface area contributed by atoms with Crippen molar-refractivity contribution in [3.8, 4) is 0 Å². The Bertz CT molecular complexity index is 1010. The maximum atomic E-state index is 12.9. The molecule has 0 amide bonds. The van der Waals surface area contributed by atoms with E-state index in [1.165, 1.54) is 12.1 Å². The van der Waals surface area contributed by atoms with Gasteiger partial charge in [-0.2, -0.15) is 0 Å². The largest absolute Gasteiger partial charge is 0.326 e. The third-order valence-corrected chi connectivity index (χ3v) is 5.59. The third-order valence-electron chi connectivity index (χ3n) is 5.59. The Morgan fingerprint density at radius 3 is 2.54 bits per heavy atom. The van der Waals surface area contributed by atoms with Gasteiger partial charge in [-0.15, -0.1) is 0 Å². The smallest absolute Gasteiger partial charge is 0.306 e. The summed E-state index contributed by atoms with van der Waals surface area (Å²) < 4.78 is 14.8. The summed E-state index contributed by atoms with van der Waals surface area (Å²) in [5.74, 6) is -0.269. The predicted molar refractivity (Wildman–Crippen MR) is 107 cm³/mol. The van der Waals surface area contributed by atoms with Crippen molar-refractivity contribution >= 4 is 16.8 Å². The van der Waals surface area contributed by atoms with Crippen molar-refractivity contribution in [3.63, 3.8) is 0 Å². The van der Waals surface area contributed by atoms with Gasteiger partial charge in [-0.1, -0.05) is 12.1 Å². The molecule has 1 saturated heterocycles. The molecule has 2 heterocycles. The molecule has 6 heteroatoms. The number of likely N-dealkylation sites (tertiary alicyclic amines) is 1. The number of hydrogen-bond donors (Lipinski definition) is 1. The van der Waals surface area contributed by atoms with E-state index in [4.69, 9.17) is 0 Å². The molecule has 3 aromatic rings. The molecule has 1 fully saturated rings. The van der Waals surface area contributed by atoms with E-state index in [-0.39, 0.29) is 23.3 Å². The number of piperidine rings is 1. The van der Waals surface area contributed by atoms with Gasteiger partial charge in [0.1, 0.15) is 5.82 Å². The maximum Gasteiger partial charge on any atom is 0.326 e. The monoisotopic (exact) mass is 380 g/mol. The van der Waals surface area contributed by atoms with E-state index >= 15 is 0 Å². The first-order valence-electron chi connectivity index (χ1n) is 9.82. The van der Waals surface area contributed by atoms with Crippen LogP contribution in [0.15, 0.2) is 53.3 Å². The number of aromatic nitrogens is 2. The van der Waals surface area contributed by atoms with Gasteiger partial charge in [-0.05, 0) is 62.2 Å². The van der Waals surface area contributed by atoms with Crippen molar-refractivity contribution in [3.05, 3.63) is 70.4 Å². The highest BCUT2D eigenvalue weighted by Crippen LogP contribution is 2.25. The van der Waals surface area contributed by atoms with Crippen LogP contribution in [-0.4, -0.2) is 39.9 Å². The number of imidazole rings is 1. The van der Waals surface area contributed by atoms with Crippen molar-refractivity contribution in [2.75, 3.05) is 19.6 Å². The van der Waals surface area contributed by atoms with Crippen LogP contribution in [0, 0.1) is 5.82 Å². The van der Waals surface area contributed by atoms with E-state index < -0.39 is 0 Å². The molecule has 1 N–H and O–H groups in total. The summed E-state index contributed by atoms with van der Waals surface area (Å²) >= 11 is 0. The summed E-state index contributed by atoms with van der Waals surface area (Å²) in [5.41, 5.74) is 2.38. The Morgan fingerprint density at radius 1 is 1.07 bits per heavy atom. The molecule has 0 unspecified atom stereocenters. The fourth-order valence-electron chi connectivity index (χ4n) is 4.08. The molecule has 4 rings (SSSR count). The number of halogens is 1. The van der Waals surface area contributed by atoms with Crippen LogP contribution < -0.4 is 5.69 Å². The first-order chi connectivity index (χ1) is 13.6. The van der Waals surface area contributed by atoms with Crippen molar-refractivity contribution in [1.82, 2.24) is 14.5 Å². The van der Waals surface area contributed by atoms with Gasteiger partial charge in [0.2, 0.25) is 0 Å². The molecular formula is C22H24FN3O2. The van der Waals surface area contributed by atoms with E-state index in [2.05, 4.69) is 9.88 Å². The van der Waals surface area contributed by atoms with Crippen LogP contribution in [-0.2, 0) is 0 Å². The Morgan fingerprint density at radius 2 is 1.79 bits per heavy atom. The summed E-state index contributed by atoms with van der Waals surface area (Å²) in [7, 11) is 0. The highest BCUT2D eigenvalue weighted by atomic mass is 18.2. The van der Waals surface area contributed by atoms with Gasteiger partial charge in [-0.25, -0.2) is 9.18 Å². The number of H-pyrrole nitrogens is 1. The van der Waals surface area contributed by atoms with Crippen molar-refractivity contribution in [1.29, 1.82) is 0 Å². The number of hydrogen-bond acceptors (Lipinski definition) is 3. The average molecular weight is 380 g/mol. The zero-order valence-corrected chi connectivity index (χ0v) is 15.7. The minimum atomic E-state index is -0.325. The second-order valence-electron chi connectivity index (χ2n) is 7.42. The van der Waals surface area contributed by atoms with Gasteiger partial charge in [0.15, 0.2) is 5.78 Å². The number of ketones is 1. The molecule has 2 aromatic carbocycles. The van der Waals surface area contributed by atoms with E-state index in [0.29, 0.717) is 12.0 Å². The van der Waals surface area contributed by atoms with E-state index in [9.17, 15) is 14.0 Å². The van der Waals surface area contributed by atoms with Crippen molar-refractivity contribution < 1.29 is 9.18 Å². The number of rotatable bonds is 6. The number of aromatic amines is 1. The van der Waals surface area contributed by atoms with Crippen LogP contribution in [0.4, 0.5) is 4.39 Å². The van der Waals surface area contributed by atoms with Crippen LogP contribution in [0.25, 0.3) is 11.0 Å². The molecule has 146 valence electrons. The molecule has 0 radical (unpaired) electrons. The minimum Gasteiger partial charge on any atom is -0.306 e. The van der Waals surface area contributed by atoms with Crippen molar-refractivity contribution in [2.45, 2.75) is 31.7 Å². The number of nitrogens with zero attached hydrogens (tertiary/aromatic N) is 2. The van der Waals surface area contributed by atoms with Crippen LogP contribution in [0.3, 0.4) is 0 Å². The molecular weight excluding hydrogens is 356 g/mol. The quantitative estimate of drug-likeness (QED) is 0.663. The molecule has 1 aliphatic rings. The molecule has 0 spiro atoms. The number of benzene rings is 2. The third kappa shape index (κ3) is 3.92. The molecule has 0 saturated carbocycles. The molecule has 1 aliphatic heterocycles. The first kappa shape index (κ1) is 18.6. The lowest BCUT2D eigenvalue weighted by Gasteiger charge is -2.32. The summed E-state index contributed by atoms with van der Waals surface area (Å²) in [6.45, 7) is 2.70. The van der Waals surface area contributed by atoms with Gasteiger partial charge >= 0.3 is 5.69 Å². The van der Waals surface area contributed by atoms with Gasteiger partial charge in [0.05, 0.1) is 11.0 Å². The van der Waals surface area contributed by atoms with Crippen LogP contribution in [0.5, 0.6) is 0 Å². The molecule has 0 atom stereocenters. The van der Waals surface area contributed by atoms with E-state index in [0.717, 1.165) is 49.9 Å². The van der Waals surface area contributed by atoms with E-state index in [1.54, 1.807) is 12.1 Å². The molecule has 1 aromatic heterocycles. The summed E-state index contributed by atoms with van der Waals surface area (Å²) in [4.78, 5) is 29.8. The number of para-hydroxylation sites is 2. The van der Waals surface area contributed by atoms with Gasteiger partial charge < -0.3 is 9.88 Å². The highest BCUT2D eigenvalue weighted by Gasteiger charge is 2.23. The summed E-state index contributed by atoms with van der Waals surface area (Å²) in [5, 5.41) is 0. The van der Waals surface area contributed by atoms with Crippen LogP contribution >= 0.6 is 0 Å². The second kappa shape index (κ2) is 8.10. The Kier molecular flexibility index (Phi) is 5.39. The maximum absolute atomic E-state index is 12.9. The van der Waals surface area contributed by atoms with Crippen LogP contribution in [0.2, 0.25) is 0 Å². The lowest BCUT2D eigenvalue weighted by Crippen LogP contribution is -2.37. The molecule has 0 aliphatic carbocycles. The highest BCUT2D eigenvalue weighted by molar-refractivity contribution is 5.95. The summed E-state index contributed by atoms with van der Waals surface area (Å²) in [6, 6.07) is 13.7. The predicted octanol–water partition coefficient (Wildman–Crippen LogP) is 3.77. The number of fused-ring (bicyclic) bond motifs is 1. The Balaban J connectivity index is 1.28. The standard InChI is InChI=1S/C22H24FN3O2/c23-17-9-7-16(8-10-17)21(27)6-3-13-25-14-11-18(12-15-25)26-20-5-2-1-4-19(20)24-22(26)28/h1-2,4-5,7-10,18H,3,6,11-15H2,(H,24,28)/i23-1. The number of carbonyl (C=O) groups is 1. The fourth-order valence-corrected chi connectivity index (χ4v) is 4.08. The van der Waals surface area contributed by atoms with Gasteiger partial charge in [-0.3, -0.25) is 9.36 Å². The fraction of sp³-hybridized carbons (Fsp3) is 0.364. The topological polar surface area (TPSA) is 58.1 Å². The minimum absolute atomic E-state index is 0.0375.